The number of aliphatic imine (C=N–C) groups is 1. The Labute approximate surface area is 113 Å². The summed E-state index contributed by atoms with van der Waals surface area (Å²) in [6, 6.07) is 0. The summed E-state index contributed by atoms with van der Waals surface area (Å²) in [5.74, 6) is -0.892. The molecule has 1 amide bonds. The second-order valence-corrected chi connectivity index (χ2v) is 5.27. The summed E-state index contributed by atoms with van der Waals surface area (Å²) in [6.07, 6.45) is 4.54. The van der Waals surface area contributed by atoms with Gasteiger partial charge in [-0.3, -0.25) is 0 Å². The lowest BCUT2D eigenvalue weighted by atomic mass is 10.0. The number of rotatable bonds is 2. The number of amides is 1. The second-order valence-electron chi connectivity index (χ2n) is 5.27. The largest absolute Gasteiger partial charge is 0.442 e. The van der Waals surface area contributed by atoms with Crippen molar-refractivity contribution < 1.29 is 19.0 Å². The van der Waals surface area contributed by atoms with Gasteiger partial charge < -0.3 is 14.2 Å². The molecule has 106 valence electrons. The predicted octanol–water partition coefficient (Wildman–Crippen LogP) is 2.87. The average molecular weight is 267 g/mol. The fourth-order valence-electron chi connectivity index (χ4n) is 1.60. The maximum atomic E-state index is 11.6. The smallest absolute Gasteiger partial charge is 0.434 e. The van der Waals surface area contributed by atoms with Crippen LogP contribution in [-0.2, 0) is 14.2 Å². The number of carbonyl (C=O) groups is 1. The molecule has 19 heavy (non-hydrogen) atoms. The maximum Gasteiger partial charge on any atom is 0.434 e. The molecule has 5 nitrogen and oxygen atoms in total. The van der Waals surface area contributed by atoms with Crippen LogP contribution in [0.3, 0.4) is 0 Å². The number of ether oxygens (including phenoxy) is 3. The molecular weight excluding hydrogens is 246 g/mol. The zero-order chi connectivity index (χ0) is 14.7. The van der Waals surface area contributed by atoms with E-state index >= 15 is 0 Å². The van der Waals surface area contributed by atoms with Crippen LogP contribution in [0.25, 0.3) is 0 Å². The Morgan fingerprint density at radius 1 is 1.26 bits per heavy atom. The van der Waals surface area contributed by atoms with Gasteiger partial charge in [-0.2, -0.15) is 4.99 Å². The van der Waals surface area contributed by atoms with E-state index in [1.165, 1.54) is 0 Å². The molecule has 0 atom stereocenters. The van der Waals surface area contributed by atoms with Crippen LogP contribution in [0.5, 0.6) is 0 Å². The number of hydrogen-bond acceptors (Lipinski definition) is 4. The summed E-state index contributed by atoms with van der Waals surface area (Å²) in [4.78, 5) is 15.6. The van der Waals surface area contributed by atoms with Crippen LogP contribution in [-0.4, -0.2) is 37.4 Å². The van der Waals surface area contributed by atoms with Gasteiger partial charge in [-0.1, -0.05) is 0 Å². The molecule has 0 aliphatic heterocycles. The van der Waals surface area contributed by atoms with Crippen LogP contribution in [0.15, 0.2) is 28.8 Å². The van der Waals surface area contributed by atoms with Crippen LogP contribution >= 0.6 is 0 Å². The first-order chi connectivity index (χ1) is 8.71. The summed E-state index contributed by atoms with van der Waals surface area (Å²) in [6.45, 7) is 7.22. The second kappa shape index (κ2) is 5.67. The third-order valence-electron chi connectivity index (χ3n) is 2.54. The number of nitrogens with zero attached hydrogens (tertiary/aromatic N) is 1. The van der Waals surface area contributed by atoms with Crippen molar-refractivity contribution in [3.8, 4) is 0 Å². The molecule has 0 unspecified atom stereocenters. The molecule has 0 aromatic carbocycles. The maximum absolute atomic E-state index is 11.6. The monoisotopic (exact) mass is 267 g/mol. The van der Waals surface area contributed by atoms with E-state index in [4.69, 9.17) is 14.2 Å². The molecule has 1 aliphatic rings. The lowest BCUT2D eigenvalue weighted by Crippen LogP contribution is -2.32. The number of carbonyl (C=O) groups excluding carboxylic acids is 1. The Bertz CT molecular complexity index is 437. The van der Waals surface area contributed by atoms with Crippen molar-refractivity contribution in [2.45, 2.75) is 39.1 Å². The normalized spacial score (nSPS) is 20.3. The van der Waals surface area contributed by atoms with Gasteiger partial charge in [0.25, 0.3) is 0 Å². The third kappa shape index (κ3) is 4.29. The molecule has 0 bridgehead atoms. The molecule has 5 heteroatoms. The molecule has 0 saturated carbocycles. The van der Waals surface area contributed by atoms with Gasteiger partial charge in [-0.15, -0.1) is 0 Å². The van der Waals surface area contributed by atoms with Crippen LogP contribution in [0, 0.1) is 0 Å². The van der Waals surface area contributed by atoms with Gasteiger partial charge in [0.15, 0.2) is 0 Å². The van der Waals surface area contributed by atoms with Crippen molar-refractivity contribution in [3.63, 3.8) is 0 Å². The lowest BCUT2D eigenvalue weighted by molar-refractivity contribution is -0.133. The zero-order valence-electron chi connectivity index (χ0n) is 12.3. The average Bonchev–Trinajstić information content (AvgIpc) is 2.29. The molecule has 0 radical (unpaired) electrons. The molecule has 0 spiro atoms. The zero-order valence-corrected chi connectivity index (χ0v) is 12.3. The summed E-state index contributed by atoms with van der Waals surface area (Å²) in [7, 11) is 3.10. The first kappa shape index (κ1) is 15.6. The Morgan fingerprint density at radius 2 is 1.84 bits per heavy atom. The Morgan fingerprint density at radius 3 is 2.26 bits per heavy atom. The van der Waals surface area contributed by atoms with E-state index in [2.05, 4.69) is 4.99 Å². The van der Waals surface area contributed by atoms with E-state index in [9.17, 15) is 4.79 Å². The lowest BCUT2D eigenvalue weighted by Gasteiger charge is -2.27. The van der Waals surface area contributed by atoms with Crippen molar-refractivity contribution in [1.82, 2.24) is 0 Å². The Balaban J connectivity index is 2.89. The van der Waals surface area contributed by atoms with Crippen molar-refractivity contribution in [1.29, 1.82) is 0 Å². The van der Waals surface area contributed by atoms with E-state index < -0.39 is 17.5 Å². The molecule has 0 N–H and O–H groups in total. The summed E-state index contributed by atoms with van der Waals surface area (Å²) >= 11 is 0. The molecule has 0 fully saturated rings. The molecule has 0 heterocycles. The predicted molar refractivity (Wildman–Crippen MR) is 73.3 cm³/mol. The molecule has 1 aliphatic carbocycles. The SMILES string of the molecule is COC1(OC)C=C/C(=N/C(=O)OC(C)(C)C)C(C)=C1. The van der Waals surface area contributed by atoms with Crippen LogP contribution < -0.4 is 0 Å². The molecule has 0 aromatic rings. The van der Waals surface area contributed by atoms with Gasteiger partial charge in [0.2, 0.25) is 5.79 Å². The van der Waals surface area contributed by atoms with Crippen molar-refractivity contribution in [3.05, 3.63) is 23.8 Å². The minimum absolute atomic E-state index is 0.541. The minimum atomic E-state index is -0.892. The highest BCUT2D eigenvalue weighted by Gasteiger charge is 2.28. The highest BCUT2D eigenvalue weighted by atomic mass is 16.7. The first-order valence-corrected chi connectivity index (χ1v) is 6.02. The quantitative estimate of drug-likeness (QED) is 0.722. The van der Waals surface area contributed by atoms with Gasteiger partial charge in [-0.05, 0) is 51.5 Å². The molecular formula is C14H21NO4. The van der Waals surface area contributed by atoms with Crippen molar-refractivity contribution >= 4 is 11.8 Å². The summed E-state index contributed by atoms with van der Waals surface area (Å²) < 4.78 is 15.7. The first-order valence-electron chi connectivity index (χ1n) is 6.02. The highest BCUT2D eigenvalue weighted by molar-refractivity contribution is 6.12. The van der Waals surface area contributed by atoms with Gasteiger partial charge in [0, 0.05) is 14.2 Å². The Hall–Kier alpha value is -1.46. The van der Waals surface area contributed by atoms with Crippen molar-refractivity contribution in [2.24, 2.45) is 4.99 Å². The fraction of sp³-hybridized carbons (Fsp3) is 0.571. The number of methoxy groups -OCH3 is 2. The van der Waals surface area contributed by atoms with E-state index in [0.29, 0.717) is 5.71 Å². The van der Waals surface area contributed by atoms with E-state index in [-0.39, 0.29) is 0 Å². The van der Waals surface area contributed by atoms with E-state index in [1.807, 2.05) is 6.92 Å². The van der Waals surface area contributed by atoms with E-state index in [1.54, 1.807) is 53.2 Å². The van der Waals surface area contributed by atoms with Crippen LogP contribution in [0.2, 0.25) is 0 Å². The van der Waals surface area contributed by atoms with Gasteiger partial charge in [0.1, 0.15) is 5.60 Å². The highest BCUT2D eigenvalue weighted by Crippen LogP contribution is 2.23. The van der Waals surface area contributed by atoms with Crippen LogP contribution in [0.1, 0.15) is 27.7 Å². The molecule has 0 saturated heterocycles. The number of hydrogen-bond donors (Lipinski definition) is 0. The molecule has 0 aromatic heterocycles. The molecule has 1 rings (SSSR count). The number of allylic oxidation sites excluding steroid dienone is 2. The third-order valence-corrected chi connectivity index (χ3v) is 2.54. The fourth-order valence-corrected chi connectivity index (χ4v) is 1.60. The minimum Gasteiger partial charge on any atom is -0.442 e. The van der Waals surface area contributed by atoms with Crippen LogP contribution in [0.4, 0.5) is 4.79 Å². The van der Waals surface area contributed by atoms with Crippen molar-refractivity contribution in [2.75, 3.05) is 14.2 Å². The van der Waals surface area contributed by atoms with Gasteiger partial charge in [0.05, 0.1) is 5.71 Å². The summed E-state index contributed by atoms with van der Waals surface area (Å²) in [5.41, 5.74) is 0.774. The standard InChI is InChI=1S/C14H21NO4/c1-10-9-14(17-5,18-6)8-7-11(10)15-12(16)19-13(2,3)4/h7-9H,1-6H3/b15-11-. The van der Waals surface area contributed by atoms with Gasteiger partial charge >= 0.3 is 6.09 Å². The van der Waals surface area contributed by atoms with E-state index in [0.717, 1.165) is 5.57 Å². The topological polar surface area (TPSA) is 57.1 Å². The summed E-state index contributed by atoms with van der Waals surface area (Å²) in [5, 5.41) is 0. The Kier molecular flexibility index (Phi) is 4.66. The van der Waals surface area contributed by atoms with Gasteiger partial charge in [-0.25, -0.2) is 4.79 Å².